The van der Waals surface area contributed by atoms with Gasteiger partial charge in [0, 0.05) is 30.8 Å². The lowest BCUT2D eigenvalue weighted by molar-refractivity contribution is 0.102. The molecule has 7 nitrogen and oxygen atoms in total. The van der Waals surface area contributed by atoms with Crippen LogP contribution in [0.4, 0.5) is 5.82 Å². The number of amides is 1. The van der Waals surface area contributed by atoms with E-state index in [-0.39, 0.29) is 5.91 Å². The minimum atomic E-state index is -0.271. The zero-order valence-corrected chi connectivity index (χ0v) is 14.7. The van der Waals surface area contributed by atoms with Gasteiger partial charge in [-0.25, -0.2) is 4.98 Å². The number of anilines is 1. The molecular formula is C19H18N4O3. The molecule has 1 aromatic carbocycles. The van der Waals surface area contributed by atoms with E-state index >= 15 is 0 Å². The van der Waals surface area contributed by atoms with Gasteiger partial charge in [-0.1, -0.05) is 6.07 Å². The SMILES string of the molecule is COc1cc2c(cc1OC)-c1c(c(C(=O)Nc3ccccn3)nn1C)C2. The molecule has 3 aromatic rings. The van der Waals surface area contributed by atoms with Crippen molar-refractivity contribution in [3.05, 3.63) is 53.3 Å². The Balaban J connectivity index is 1.74. The van der Waals surface area contributed by atoms with Crippen molar-refractivity contribution in [3.8, 4) is 22.8 Å². The Hall–Kier alpha value is -3.35. The molecule has 1 aliphatic carbocycles. The Morgan fingerprint density at radius 2 is 1.96 bits per heavy atom. The second kappa shape index (κ2) is 6.18. The Morgan fingerprint density at radius 1 is 1.19 bits per heavy atom. The fraction of sp³-hybridized carbons (Fsp3) is 0.211. The van der Waals surface area contributed by atoms with Gasteiger partial charge in [0.25, 0.3) is 5.91 Å². The topological polar surface area (TPSA) is 78.3 Å². The summed E-state index contributed by atoms with van der Waals surface area (Å²) < 4.78 is 12.5. The van der Waals surface area contributed by atoms with Crippen molar-refractivity contribution in [2.75, 3.05) is 19.5 Å². The normalized spacial score (nSPS) is 11.7. The Morgan fingerprint density at radius 3 is 2.65 bits per heavy atom. The Kier molecular flexibility index (Phi) is 3.84. The van der Waals surface area contributed by atoms with Gasteiger partial charge in [-0.3, -0.25) is 9.48 Å². The Labute approximate surface area is 150 Å². The standard InChI is InChI=1S/C19H18N4O3/c1-23-18-12-10-15(26-3)14(25-2)9-11(12)8-13(18)17(22-23)19(24)21-16-6-4-5-7-20-16/h4-7,9-10H,8H2,1-3H3,(H,20,21,24). The van der Waals surface area contributed by atoms with Crippen LogP contribution in [0.2, 0.25) is 0 Å². The lowest BCUT2D eigenvalue weighted by atomic mass is 10.1. The highest BCUT2D eigenvalue weighted by molar-refractivity contribution is 6.05. The molecule has 0 radical (unpaired) electrons. The van der Waals surface area contributed by atoms with Crippen LogP contribution in [-0.2, 0) is 13.5 Å². The van der Waals surface area contributed by atoms with Gasteiger partial charge in [0.1, 0.15) is 5.82 Å². The van der Waals surface area contributed by atoms with Crippen molar-refractivity contribution in [1.82, 2.24) is 14.8 Å². The van der Waals surface area contributed by atoms with Gasteiger partial charge in [-0.2, -0.15) is 5.10 Å². The lowest BCUT2D eigenvalue weighted by Crippen LogP contribution is -2.15. The van der Waals surface area contributed by atoms with Crippen LogP contribution >= 0.6 is 0 Å². The molecule has 0 atom stereocenters. The molecule has 1 amide bonds. The maximum Gasteiger partial charge on any atom is 0.277 e. The van der Waals surface area contributed by atoms with E-state index in [1.165, 1.54) is 0 Å². The van der Waals surface area contributed by atoms with Crippen LogP contribution in [0.3, 0.4) is 0 Å². The summed E-state index contributed by atoms with van der Waals surface area (Å²) in [5.41, 5.74) is 4.31. The summed E-state index contributed by atoms with van der Waals surface area (Å²) >= 11 is 0. The smallest absolute Gasteiger partial charge is 0.277 e. The third-order valence-corrected chi connectivity index (χ3v) is 4.50. The fourth-order valence-electron chi connectivity index (χ4n) is 3.35. The molecule has 7 heteroatoms. The first-order valence-corrected chi connectivity index (χ1v) is 8.16. The first-order chi connectivity index (χ1) is 12.6. The predicted molar refractivity (Wildman–Crippen MR) is 96.7 cm³/mol. The number of aryl methyl sites for hydroxylation is 1. The zero-order chi connectivity index (χ0) is 18.3. The molecule has 0 spiro atoms. The highest BCUT2D eigenvalue weighted by Gasteiger charge is 2.31. The maximum absolute atomic E-state index is 12.7. The van der Waals surface area contributed by atoms with Crippen LogP contribution in [0.25, 0.3) is 11.3 Å². The van der Waals surface area contributed by atoms with Crippen molar-refractivity contribution < 1.29 is 14.3 Å². The number of rotatable bonds is 4. The van der Waals surface area contributed by atoms with Crippen LogP contribution in [-0.4, -0.2) is 34.9 Å². The monoisotopic (exact) mass is 350 g/mol. The molecule has 0 saturated heterocycles. The summed E-state index contributed by atoms with van der Waals surface area (Å²) in [6, 6.07) is 9.24. The molecule has 1 N–H and O–H groups in total. The number of hydrogen-bond donors (Lipinski definition) is 1. The van der Waals surface area contributed by atoms with E-state index < -0.39 is 0 Å². The number of benzene rings is 1. The molecule has 4 rings (SSSR count). The van der Waals surface area contributed by atoms with Gasteiger partial charge in [0.05, 0.1) is 19.9 Å². The van der Waals surface area contributed by atoms with Gasteiger partial charge in [-0.05, 0) is 29.8 Å². The highest BCUT2D eigenvalue weighted by atomic mass is 16.5. The van der Waals surface area contributed by atoms with Crippen molar-refractivity contribution >= 4 is 11.7 Å². The number of carbonyl (C=O) groups is 1. The average molecular weight is 350 g/mol. The highest BCUT2D eigenvalue weighted by Crippen LogP contribution is 2.43. The molecule has 2 heterocycles. The third kappa shape index (κ3) is 2.48. The first-order valence-electron chi connectivity index (χ1n) is 8.16. The first kappa shape index (κ1) is 16.1. The van der Waals surface area contributed by atoms with Gasteiger partial charge >= 0.3 is 0 Å². The molecule has 1 aliphatic rings. The second-order valence-corrected chi connectivity index (χ2v) is 6.01. The summed E-state index contributed by atoms with van der Waals surface area (Å²) in [7, 11) is 5.05. The molecule has 132 valence electrons. The van der Waals surface area contributed by atoms with E-state index in [0.29, 0.717) is 29.4 Å². The number of carbonyl (C=O) groups excluding carboxylic acids is 1. The number of pyridine rings is 1. The Bertz CT molecular complexity index is 996. The number of aromatic nitrogens is 3. The van der Waals surface area contributed by atoms with Crippen LogP contribution in [0.5, 0.6) is 11.5 Å². The van der Waals surface area contributed by atoms with Crippen molar-refractivity contribution in [3.63, 3.8) is 0 Å². The molecule has 0 unspecified atom stereocenters. The van der Waals surface area contributed by atoms with Gasteiger partial charge in [0.15, 0.2) is 17.2 Å². The van der Waals surface area contributed by atoms with Gasteiger partial charge in [0.2, 0.25) is 0 Å². The van der Waals surface area contributed by atoms with E-state index in [4.69, 9.17) is 9.47 Å². The van der Waals surface area contributed by atoms with Gasteiger partial charge in [-0.15, -0.1) is 0 Å². The second-order valence-electron chi connectivity index (χ2n) is 6.01. The molecule has 2 aromatic heterocycles. The summed E-state index contributed by atoms with van der Waals surface area (Å²) in [4.78, 5) is 16.8. The summed E-state index contributed by atoms with van der Waals surface area (Å²) in [5.74, 6) is 1.55. The molecule has 0 aliphatic heterocycles. The lowest BCUT2D eigenvalue weighted by Gasteiger charge is -2.11. The summed E-state index contributed by atoms with van der Waals surface area (Å²) in [5, 5.41) is 7.23. The van der Waals surface area contributed by atoms with Crippen LogP contribution in [0, 0.1) is 0 Å². The maximum atomic E-state index is 12.7. The zero-order valence-electron chi connectivity index (χ0n) is 14.7. The predicted octanol–water partition coefficient (Wildman–Crippen LogP) is 2.66. The van der Waals surface area contributed by atoms with E-state index in [1.807, 2.05) is 25.2 Å². The molecule has 0 saturated carbocycles. The van der Waals surface area contributed by atoms with E-state index in [0.717, 1.165) is 22.4 Å². The molecular weight excluding hydrogens is 332 g/mol. The van der Waals surface area contributed by atoms with E-state index in [9.17, 15) is 4.79 Å². The largest absolute Gasteiger partial charge is 0.493 e. The van der Waals surface area contributed by atoms with Crippen LogP contribution < -0.4 is 14.8 Å². The average Bonchev–Trinajstić information content (AvgIpc) is 3.18. The van der Waals surface area contributed by atoms with E-state index in [2.05, 4.69) is 15.4 Å². The molecule has 26 heavy (non-hydrogen) atoms. The number of nitrogens with zero attached hydrogens (tertiary/aromatic N) is 3. The summed E-state index contributed by atoms with van der Waals surface area (Å²) in [6.45, 7) is 0. The minimum absolute atomic E-state index is 0.271. The van der Waals surface area contributed by atoms with Crippen LogP contribution in [0.15, 0.2) is 36.5 Å². The van der Waals surface area contributed by atoms with Crippen LogP contribution in [0.1, 0.15) is 21.6 Å². The quantitative estimate of drug-likeness (QED) is 0.612. The number of ether oxygens (including phenoxy) is 2. The fourth-order valence-corrected chi connectivity index (χ4v) is 3.35. The minimum Gasteiger partial charge on any atom is -0.493 e. The van der Waals surface area contributed by atoms with Crippen molar-refractivity contribution in [2.45, 2.75) is 6.42 Å². The van der Waals surface area contributed by atoms with E-state index in [1.54, 1.807) is 37.2 Å². The van der Waals surface area contributed by atoms with Crippen molar-refractivity contribution in [1.29, 1.82) is 0 Å². The number of nitrogens with one attached hydrogen (secondary N) is 1. The van der Waals surface area contributed by atoms with Crippen molar-refractivity contribution in [2.24, 2.45) is 7.05 Å². The molecule has 0 bridgehead atoms. The summed E-state index contributed by atoms with van der Waals surface area (Å²) in [6.07, 6.45) is 2.25. The number of fused-ring (bicyclic) bond motifs is 3. The number of hydrogen-bond acceptors (Lipinski definition) is 5. The number of methoxy groups -OCH3 is 2. The third-order valence-electron chi connectivity index (χ3n) is 4.50. The van der Waals surface area contributed by atoms with Gasteiger partial charge < -0.3 is 14.8 Å². The molecule has 0 fully saturated rings.